The smallest absolute Gasteiger partial charge is 0.406 e. The highest BCUT2D eigenvalue weighted by molar-refractivity contribution is 5.85. The zero-order chi connectivity index (χ0) is 20.2. The summed E-state index contributed by atoms with van der Waals surface area (Å²) in [6.45, 7) is 2.51. The molecule has 3 rings (SSSR count). The lowest BCUT2D eigenvalue weighted by Crippen LogP contribution is -2.48. The van der Waals surface area contributed by atoms with E-state index in [0.29, 0.717) is 25.4 Å². The van der Waals surface area contributed by atoms with Crippen LogP contribution < -0.4 is 10.1 Å². The van der Waals surface area contributed by atoms with Crippen LogP contribution >= 0.6 is 24.8 Å². The van der Waals surface area contributed by atoms with E-state index in [1.807, 2.05) is 13.1 Å². The van der Waals surface area contributed by atoms with Crippen molar-refractivity contribution in [3.63, 3.8) is 0 Å². The standard InChI is InChI=1S/C21H31F3N2O2.2ClH/c1-25-17-8-12-26(13-9-17)15-19(20(27)10-3-2-4-11-20)16-6-5-7-18(14-16)28-21(22,23)24;;/h5-7,14,17,19,25,27H,2-4,8-13,15H2,1H3;2*1H. The average Bonchev–Trinajstić information content (AvgIpc) is 2.66. The number of halogens is 5. The summed E-state index contributed by atoms with van der Waals surface area (Å²) < 4.78 is 42.1. The monoisotopic (exact) mass is 472 g/mol. The molecule has 1 aromatic rings. The molecule has 1 saturated heterocycles. The van der Waals surface area contributed by atoms with Crippen molar-refractivity contribution in [3.05, 3.63) is 29.8 Å². The van der Waals surface area contributed by atoms with Gasteiger partial charge in [0, 0.05) is 18.5 Å². The maximum absolute atomic E-state index is 12.7. The van der Waals surface area contributed by atoms with E-state index in [9.17, 15) is 18.3 Å². The molecule has 30 heavy (non-hydrogen) atoms. The second kappa shape index (κ2) is 11.8. The van der Waals surface area contributed by atoms with E-state index in [1.165, 1.54) is 12.1 Å². The summed E-state index contributed by atoms with van der Waals surface area (Å²) in [6, 6.07) is 6.68. The van der Waals surface area contributed by atoms with Gasteiger partial charge in [0.1, 0.15) is 5.75 Å². The molecule has 1 aromatic carbocycles. The lowest BCUT2D eigenvalue weighted by molar-refractivity contribution is -0.274. The van der Waals surface area contributed by atoms with Crippen molar-refractivity contribution in [2.45, 2.75) is 68.9 Å². The number of rotatable bonds is 6. The van der Waals surface area contributed by atoms with Crippen LogP contribution in [-0.2, 0) is 0 Å². The summed E-state index contributed by atoms with van der Waals surface area (Å²) in [7, 11) is 1.97. The number of nitrogens with zero attached hydrogens (tertiary/aromatic N) is 1. The third kappa shape index (κ3) is 7.45. The summed E-state index contributed by atoms with van der Waals surface area (Å²) in [5, 5.41) is 14.7. The third-order valence-electron chi connectivity index (χ3n) is 6.30. The van der Waals surface area contributed by atoms with Gasteiger partial charge in [-0.3, -0.25) is 0 Å². The van der Waals surface area contributed by atoms with Gasteiger partial charge in [0.15, 0.2) is 0 Å². The summed E-state index contributed by atoms with van der Waals surface area (Å²) in [5.74, 6) is -0.445. The third-order valence-corrected chi connectivity index (χ3v) is 6.30. The quantitative estimate of drug-likeness (QED) is 0.618. The molecule has 1 heterocycles. The predicted octanol–water partition coefficient (Wildman–Crippen LogP) is 4.89. The Morgan fingerprint density at radius 3 is 2.37 bits per heavy atom. The minimum atomic E-state index is -4.72. The lowest BCUT2D eigenvalue weighted by Gasteiger charge is -2.43. The number of hydrogen-bond acceptors (Lipinski definition) is 4. The van der Waals surface area contributed by atoms with Crippen LogP contribution in [0.5, 0.6) is 5.75 Å². The Bertz CT molecular complexity index is 635. The highest BCUT2D eigenvalue weighted by Gasteiger charge is 2.40. The Kier molecular flexibility index (Phi) is 10.7. The lowest BCUT2D eigenvalue weighted by atomic mass is 9.72. The van der Waals surface area contributed by atoms with Crippen LogP contribution in [-0.4, -0.2) is 54.7 Å². The molecule has 4 nitrogen and oxygen atoms in total. The van der Waals surface area contributed by atoms with E-state index < -0.39 is 12.0 Å². The van der Waals surface area contributed by atoms with Crippen LogP contribution in [0.3, 0.4) is 0 Å². The minimum absolute atomic E-state index is 0. The maximum Gasteiger partial charge on any atom is 0.573 e. The fourth-order valence-corrected chi connectivity index (χ4v) is 4.69. The first-order valence-electron chi connectivity index (χ1n) is 10.3. The summed E-state index contributed by atoms with van der Waals surface area (Å²) >= 11 is 0. The molecular formula is C21H33Cl2F3N2O2. The molecular weight excluding hydrogens is 440 g/mol. The van der Waals surface area contributed by atoms with Gasteiger partial charge in [0.05, 0.1) is 5.60 Å². The molecule has 0 radical (unpaired) electrons. The molecule has 174 valence electrons. The van der Waals surface area contributed by atoms with Crippen LogP contribution in [0.15, 0.2) is 24.3 Å². The molecule has 1 atom stereocenters. The van der Waals surface area contributed by atoms with Crippen molar-refractivity contribution in [1.82, 2.24) is 10.2 Å². The number of benzene rings is 1. The van der Waals surface area contributed by atoms with E-state index >= 15 is 0 Å². The number of hydrogen-bond donors (Lipinski definition) is 2. The fourth-order valence-electron chi connectivity index (χ4n) is 4.69. The summed E-state index contributed by atoms with van der Waals surface area (Å²) in [6.07, 6.45) is 1.74. The highest BCUT2D eigenvalue weighted by atomic mass is 35.5. The molecule has 0 spiro atoms. The predicted molar refractivity (Wildman–Crippen MR) is 117 cm³/mol. The molecule has 2 N–H and O–H groups in total. The first-order valence-corrected chi connectivity index (χ1v) is 10.3. The van der Waals surface area contributed by atoms with Gasteiger partial charge in [-0.15, -0.1) is 38.0 Å². The molecule has 9 heteroatoms. The second-order valence-electron chi connectivity index (χ2n) is 8.20. The zero-order valence-electron chi connectivity index (χ0n) is 17.3. The van der Waals surface area contributed by atoms with E-state index in [4.69, 9.17) is 0 Å². The number of piperidine rings is 1. The van der Waals surface area contributed by atoms with Crippen molar-refractivity contribution >= 4 is 24.8 Å². The number of alkyl halides is 3. The van der Waals surface area contributed by atoms with Crippen LogP contribution in [0.2, 0.25) is 0 Å². The number of aliphatic hydroxyl groups is 1. The molecule has 1 unspecified atom stereocenters. The average molecular weight is 473 g/mol. The summed E-state index contributed by atoms with van der Waals surface area (Å²) in [5.41, 5.74) is -0.156. The van der Waals surface area contributed by atoms with Gasteiger partial charge in [-0.25, -0.2) is 0 Å². The summed E-state index contributed by atoms with van der Waals surface area (Å²) in [4.78, 5) is 2.34. The largest absolute Gasteiger partial charge is 0.573 e. The molecule has 0 aromatic heterocycles. The van der Waals surface area contributed by atoms with Crippen molar-refractivity contribution in [1.29, 1.82) is 0 Å². The van der Waals surface area contributed by atoms with Gasteiger partial charge in [0.25, 0.3) is 0 Å². The van der Waals surface area contributed by atoms with Crippen LogP contribution in [0.1, 0.15) is 56.4 Å². The SMILES string of the molecule is CNC1CCN(CC(c2cccc(OC(F)(F)F)c2)C2(O)CCCCC2)CC1.Cl.Cl. The molecule has 2 fully saturated rings. The molecule has 1 aliphatic carbocycles. The van der Waals surface area contributed by atoms with Gasteiger partial charge < -0.3 is 20.1 Å². The Balaban J connectivity index is 0.00000225. The van der Waals surface area contributed by atoms with E-state index in [2.05, 4.69) is 15.0 Å². The van der Waals surface area contributed by atoms with Crippen molar-refractivity contribution < 1.29 is 23.0 Å². The minimum Gasteiger partial charge on any atom is -0.406 e. The van der Waals surface area contributed by atoms with Crippen LogP contribution in [0, 0.1) is 0 Å². The Labute approximate surface area is 189 Å². The van der Waals surface area contributed by atoms with Gasteiger partial charge in [-0.2, -0.15) is 0 Å². The fraction of sp³-hybridized carbons (Fsp3) is 0.714. The molecule has 1 aliphatic heterocycles. The molecule has 0 amide bonds. The second-order valence-corrected chi connectivity index (χ2v) is 8.20. The topological polar surface area (TPSA) is 44.7 Å². The van der Waals surface area contributed by atoms with Gasteiger partial charge in [0.2, 0.25) is 0 Å². The maximum atomic E-state index is 12.7. The highest BCUT2D eigenvalue weighted by Crippen LogP contribution is 2.41. The van der Waals surface area contributed by atoms with Crippen molar-refractivity contribution in [2.75, 3.05) is 26.7 Å². The van der Waals surface area contributed by atoms with Crippen molar-refractivity contribution in [3.8, 4) is 5.75 Å². The first kappa shape index (κ1) is 27.3. The van der Waals surface area contributed by atoms with Crippen LogP contribution in [0.4, 0.5) is 13.2 Å². The van der Waals surface area contributed by atoms with Gasteiger partial charge in [-0.1, -0.05) is 31.4 Å². The molecule has 2 aliphatic rings. The number of nitrogens with one attached hydrogen (secondary N) is 1. The van der Waals surface area contributed by atoms with Gasteiger partial charge in [-0.05, 0) is 63.5 Å². The molecule has 0 bridgehead atoms. The Morgan fingerprint density at radius 1 is 1.17 bits per heavy atom. The van der Waals surface area contributed by atoms with E-state index in [1.54, 1.807) is 6.07 Å². The number of ether oxygens (including phenoxy) is 1. The van der Waals surface area contributed by atoms with Crippen LogP contribution in [0.25, 0.3) is 0 Å². The number of likely N-dealkylation sites (tertiary alicyclic amines) is 1. The first-order chi connectivity index (χ1) is 13.3. The van der Waals surface area contributed by atoms with Gasteiger partial charge >= 0.3 is 6.36 Å². The van der Waals surface area contributed by atoms with E-state index in [0.717, 1.165) is 50.8 Å². The van der Waals surface area contributed by atoms with Crippen molar-refractivity contribution in [2.24, 2.45) is 0 Å². The zero-order valence-corrected chi connectivity index (χ0v) is 18.9. The molecule has 1 saturated carbocycles. The Morgan fingerprint density at radius 2 is 1.80 bits per heavy atom. The van der Waals surface area contributed by atoms with E-state index in [-0.39, 0.29) is 36.5 Å². The Hall–Kier alpha value is -0.730. The normalized spacial score (nSPS) is 21.2.